The predicted octanol–water partition coefficient (Wildman–Crippen LogP) is 3.73. The zero-order chi connectivity index (χ0) is 14.6. The van der Waals surface area contributed by atoms with Crippen LogP contribution in [-0.2, 0) is 10.0 Å². The van der Waals surface area contributed by atoms with Crippen LogP contribution in [0.2, 0.25) is 0 Å². The van der Waals surface area contributed by atoms with Crippen molar-refractivity contribution >= 4 is 10.0 Å². The molecule has 0 radical (unpaired) electrons. The number of hydrogen-bond donors (Lipinski definition) is 0. The topological polar surface area (TPSA) is 37.4 Å². The van der Waals surface area contributed by atoms with Gasteiger partial charge in [-0.25, -0.2) is 8.42 Å². The lowest BCUT2D eigenvalue weighted by Crippen LogP contribution is -2.41. The average molecular weight is 295 g/mol. The first kappa shape index (κ1) is 15.5. The maximum absolute atomic E-state index is 12.9. The van der Waals surface area contributed by atoms with E-state index in [9.17, 15) is 8.42 Å². The van der Waals surface area contributed by atoms with Gasteiger partial charge in [0.05, 0.1) is 4.90 Å². The number of hydrogen-bond acceptors (Lipinski definition) is 2. The summed E-state index contributed by atoms with van der Waals surface area (Å²) >= 11 is 0. The molecule has 0 aliphatic heterocycles. The minimum atomic E-state index is -3.35. The monoisotopic (exact) mass is 295 g/mol. The van der Waals surface area contributed by atoms with Crippen molar-refractivity contribution in [2.75, 3.05) is 6.54 Å². The minimum absolute atomic E-state index is 0.190. The number of rotatable bonds is 5. The molecule has 0 amide bonds. The SMILES string of the molecule is CCCN(C1CCCCC1)S(=O)(=O)c1ccc(C)cc1. The first-order valence-electron chi connectivity index (χ1n) is 7.64. The summed E-state index contributed by atoms with van der Waals surface area (Å²) in [4.78, 5) is 0.433. The Balaban J connectivity index is 2.28. The maximum Gasteiger partial charge on any atom is 0.243 e. The van der Waals surface area contributed by atoms with E-state index >= 15 is 0 Å². The minimum Gasteiger partial charge on any atom is -0.207 e. The van der Waals surface area contributed by atoms with Gasteiger partial charge in [-0.05, 0) is 38.3 Å². The fourth-order valence-corrected chi connectivity index (χ4v) is 4.71. The Morgan fingerprint density at radius 2 is 1.70 bits per heavy atom. The predicted molar refractivity (Wildman–Crippen MR) is 82.2 cm³/mol. The van der Waals surface area contributed by atoms with Crippen LogP contribution in [0, 0.1) is 6.92 Å². The van der Waals surface area contributed by atoms with E-state index in [0.717, 1.165) is 37.7 Å². The highest BCUT2D eigenvalue weighted by Gasteiger charge is 2.31. The van der Waals surface area contributed by atoms with E-state index in [-0.39, 0.29) is 6.04 Å². The van der Waals surface area contributed by atoms with E-state index in [0.29, 0.717) is 11.4 Å². The van der Waals surface area contributed by atoms with E-state index in [1.165, 1.54) is 6.42 Å². The van der Waals surface area contributed by atoms with Gasteiger partial charge in [0.1, 0.15) is 0 Å². The van der Waals surface area contributed by atoms with Crippen LogP contribution in [-0.4, -0.2) is 25.3 Å². The quantitative estimate of drug-likeness (QED) is 0.830. The van der Waals surface area contributed by atoms with Gasteiger partial charge >= 0.3 is 0 Å². The zero-order valence-electron chi connectivity index (χ0n) is 12.5. The molecular formula is C16H25NO2S. The van der Waals surface area contributed by atoms with Crippen LogP contribution >= 0.6 is 0 Å². The molecule has 1 fully saturated rings. The molecule has 1 aliphatic rings. The molecule has 20 heavy (non-hydrogen) atoms. The van der Waals surface area contributed by atoms with Gasteiger partial charge in [0, 0.05) is 12.6 Å². The van der Waals surface area contributed by atoms with E-state index in [1.54, 1.807) is 16.4 Å². The molecule has 0 atom stereocenters. The molecule has 2 rings (SSSR count). The molecule has 3 nitrogen and oxygen atoms in total. The summed E-state index contributed by atoms with van der Waals surface area (Å²) in [5.74, 6) is 0. The van der Waals surface area contributed by atoms with Crippen LogP contribution in [0.15, 0.2) is 29.2 Å². The molecule has 112 valence electrons. The molecule has 1 aliphatic carbocycles. The third-order valence-corrected chi connectivity index (χ3v) is 6.02. The summed E-state index contributed by atoms with van der Waals surface area (Å²) in [6.45, 7) is 4.64. The molecule has 1 saturated carbocycles. The number of aryl methyl sites for hydroxylation is 1. The molecule has 0 saturated heterocycles. The van der Waals surface area contributed by atoms with Crippen molar-refractivity contribution in [3.05, 3.63) is 29.8 Å². The van der Waals surface area contributed by atoms with Gasteiger partial charge in [0.25, 0.3) is 0 Å². The van der Waals surface area contributed by atoms with Crippen molar-refractivity contribution in [3.63, 3.8) is 0 Å². The second-order valence-electron chi connectivity index (χ2n) is 5.72. The van der Waals surface area contributed by atoms with E-state index in [1.807, 2.05) is 26.0 Å². The molecule has 0 bridgehead atoms. The highest BCUT2D eigenvalue weighted by molar-refractivity contribution is 7.89. The maximum atomic E-state index is 12.9. The van der Waals surface area contributed by atoms with Gasteiger partial charge in [-0.2, -0.15) is 4.31 Å². The molecule has 0 spiro atoms. The Morgan fingerprint density at radius 1 is 1.10 bits per heavy atom. The van der Waals surface area contributed by atoms with Crippen molar-refractivity contribution in [2.45, 2.75) is 63.3 Å². The molecular weight excluding hydrogens is 270 g/mol. The van der Waals surface area contributed by atoms with Gasteiger partial charge in [-0.3, -0.25) is 0 Å². The van der Waals surface area contributed by atoms with Gasteiger partial charge in [0.15, 0.2) is 0 Å². The zero-order valence-corrected chi connectivity index (χ0v) is 13.3. The third kappa shape index (κ3) is 3.41. The Hall–Kier alpha value is -0.870. The van der Waals surface area contributed by atoms with Gasteiger partial charge in [-0.1, -0.05) is 43.9 Å². The lowest BCUT2D eigenvalue weighted by Gasteiger charge is -2.33. The van der Waals surface area contributed by atoms with Gasteiger partial charge < -0.3 is 0 Å². The van der Waals surface area contributed by atoms with Crippen molar-refractivity contribution in [2.24, 2.45) is 0 Å². The van der Waals surface area contributed by atoms with Crippen molar-refractivity contribution in [1.82, 2.24) is 4.31 Å². The normalized spacial score (nSPS) is 17.6. The van der Waals surface area contributed by atoms with E-state index < -0.39 is 10.0 Å². The summed E-state index contributed by atoms with van der Waals surface area (Å²) in [5, 5.41) is 0. The van der Waals surface area contributed by atoms with Crippen LogP contribution in [0.4, 0.5) is 0 Å². The van der Waals surface area contributed by atoms with Crippen molar-refractivity contribution < 1.29 is 8.42 Å². The number of nitrogens with zero attached hydrogens (tertiary/aromatic N) is 1. The second-order valence-corrected chi connectivity index (χ2v) is 7.61. The highest BCUT2D eigenvalue weighted by atomic mass is 32.2. The molecule has 0 aromatic heterocycles. The first-order chi connectivity index (χ1) is 9.55. The summed E-state index contributed by atoms with van der Waals surface area (Å²) in [6.07, 6.45) is 6.40. The summed E-state index contributed by atoms with van der Waals surface area (Å²) in [7, 11) is -3.35. The molecule has 0 unspecified atom stereocenters. The largest absolute Gasteiger partial charge is 0.243 e. The van der Waals surface area contributed by atoms with Crippen LogP contribution in [0.25, 0.3) is 0 Å². The van der Waals surface area contributed by atoms with Crippen LogP contribution in [0.3, 0.4) is 0 Å². The van der Waals surface area contributed by atoms with E-state index in [2.05, 4.69) is 0 Å². The summed E-state index contributed by atoms with van der Waals surface area (Å²) in [5.41, 5.74) is 1.09. The smallest absolute Gasteiger partial charge is 0.207 e. The van der Waals surface area contributed by atoms with Gasteiger partial charge in [-0.15, -0.1) is 0 Å². The fraction of sp³-hybridized carbons (Fsp3) is 0.625. The molecule has 0 heterocycles. The standard InChI is InChI=1S/C16H25NO2S/c1-3-13-17(15-7-5-4-6-8-15)20(18,19)16-11-9-14(2)10-12-16/h9-12,15H,3-8,13H2,1-2H3. The van der Waals surface area contributed by atoms with Crippen molar-refractivity contribution in [3.8, 4) is 0 Å². The molecule has 0 N–H and O–H groups in total. The fourth-order valence-electron chi connectivity index (χ4n) is 2.93. The molecule has 1 aromatic rings. The Bertz CT molecular complexity index is 516. The Morgan fingerprint density at radius 3 is 2.25 bits per heavy atom. The number of sulfonamides is 1. The number of benzene rings is 1. The van der Waals surface area contributed by atoms with Crippen LogP contribution in [0.5, 0.6) is 0 Å². The highest BCUT2D eigenvalue weighted by Crippen LogP contribution is 2.28. The van der Waals surface area contributed by atoms with E-state index in [4.69, 9.17) is 0 Å². The second kappa shape index (κ2) is 6.72. The lowest BCUT2D eigenvalue weighted by molar-refractivity contribution is 0.253. The molecule has 4 heteroatoms. The summed E-state index contributed by atoms with van der Waals surface area (Å²) in [6, 6.07) is 7.40. The first-order valence-corrected chi connectivity index (χ1v) is 9.08. The Kier molecular flexibility index (Phi) is 5.22. The van der Waals surface area contributed by atoms with Crippen molar-refractivity contribution in [1.29, 1.82) is 0 Å². The third-order valence-electron chi connectivity index (χ3n) is 4.05. The van der Waals surface area contributed by atoms with Crippen LogP contribution in [0.1, 0.15) is 51.0 Å². The van der Waals surface area contributed by atoms with Gasteiger partial charge in [0.2, 0.25) is 10.0 Å². The molecule has 1 aromatic carbocycles. The lowest BCUT2D eigenvalue weighted by atomic mass is 9.95. The summed E-state index contributed by atoms with van der Waals surface area (Å²) < 4.78 is 27.5. The average Bonchev–Trinajstić information content (AvgIpc) is 2.46. The van der Waals surface area contributed by atoms with Crippen LogP contribution < -0.4 is 0 Å². The Labute approximate surface area is 123 Å².